The summed E-state index contributed by atoms with van der Waals surface area (Å²) in [5, 5.41) is 0. The van der Waals surface area contributed by atoms with Crippen LogP contribution in [0, 0.1) is 17.8 Å². The van der Waals surface area contributed by atoms with Gasteiger partial charge in [0.05, 0.1) is 5.92 Å². The van der Waals surface area contributed by atoms with Crippen molar-refractivity contribution in [1.29, 1.82) is 0 Å². The summed E-state index contributed by atoms with van der Waals surface area (Å²) >= 11 is 0. The summed E-state index contributed by atoms with van der Waals surface area (Å²) in [6.45, 7) is 6.85. The Balaban J connectivity index is 1.63. The molecule has 0 spiro atoms. The highest BCUT2D eigenvalue weighted by Gasteiger charge is 2.38. The highest BCUT2D eigenvalue weighted by molar-refractivity contribution is 5.83. The largest absolute Gasteiger partial charge is 0.342 e. The van der Waals surface area contributed by atoms with E-state index in [1.807, 2.05) is 4.90 Å². The van der Waals surface area contributed by atoms with E-state index in [1.54, 1.807) is 0 Å². The Hall–Kier alpha value is -1.06. The minimum atomic E-state index is 0.0317. The predicted molar refractivity (Wildman–Crippen MR) is 86.2 cm³/mol. The number of nitrogens with zero attached hydrogens (tertiary/aromatic N) is 2. The van der Waals surface area contributed by atoms with E-state index >= 15 is 0 Å². The van der Waals surface area contributed by atoms with Gasteiger partial charge in [0.25, 0.3) is 0 Å². The third-order valence-electron chi connectivity index (χ3n) is 5.65. The van der Waals surface area contributed by atoms with Gasteiger partial charge < -0.3 is 9.80 Å². The Kier molecular flexibility index (Phi) is 4.74. The molecule has 0 aromatic heterocycles. The zero-order valence-electron chi connectivity index (χ0n) is 14.1. The smallest absolute Gasteiger partial charge is 0.227 e. The van der Waals surface area contributed by atoms with Crippen molar-refractivity contribution in [3.8, 4) is 0 Å². The van der Waals surface area contributed by atoms with E-state index in [0.29, 0.717) is 30.3 Å². The van der Waals surface area contributed by atoms with Crippen LogP contribution in [0.5, 0.6) is 0 Å². The second-order valence-electron chi connectivity index (χ2n) is 7.77. The molecule has 124 valence electrons. The number of amides is 2. The first-order valence-electron chi connectivity index (χ1n) is 9.15. The van der Waals surface area contributed by atoms with E-state index in [4.69, 9.17) is 0 Å². The summed E-state index contributed by atoms with van der Waals surface area (Å²) in [7, 11) is 0. The molecule has 0 radical (unpaired) electrons. The quantitative estimate of drug-likeness (QED) is 0.787. The van der Waals surface area contributed by atoms with E-state index in [2.05, 4.69) is 18.7 Å². The zero-order valence-corrected chi connectivity index (χ0v) is 14.1. The summed E-state index contributed by atoms with van der Waals surface area (Å²) in [6, 6.07) is 0.354. The first-order valence-corrected chi connectivity index (χ1v) is 9.15. The van der Waals surface area contributed by atoms with Gasteiger partial charge in [0.1, 0.15) is 0 Å². The van der Waals surface area contributed by atoms with Crippen molar-refractivity contribution in [2.75, 3.05) is 19.6 Å². The van der Waals surface area contributed by atoms with Crippen LogP contribution in [-0.4, -0.2) is 47.3 Å². The molecule has 0 bridgehead atoms. The molecular formula is C18H30N2O2. The lowest BCUT2D eigenvalue weighted by molar-refractivity contribution is -0.143. The SMILES string of the molecule is CC1CCCC(C)N(C(=O)C2CCCN(C(=O)C3CC3)C2)C1. The van der Waals surface area contributed by atoms with Gasteiger partial charge in [-0.2, -0.15) is 0 Å². The minimum absolute atomic E-state index is 0.0317. The third kappa shape index (κ3) is 3.47. The van der Waals surface area contributed by atoms with E-state index in [9.17, 15) is 9.59 Å². The third-order valence-corrected chi connectivity index (χ3v) is 5.65. The molecule has 2 saturated heterocycles. The molecule has 1 aliphatic carbocycles. The number of hydrogen-bond donors (Lipinski definition) is 0. The van der Waals surface area contributed by atoms with E-state index in [1.165, 1.54) is 12.8 Å². The lowest BCUT2D eigenvalue weighted by Crippen LogP contribution is -2.49. The molecule has 2 amide bonds. The van der Waals surface area contributed by atoms with Gasteiger partial charge in [0.15, 0.2) is 0 Å². The van der Waals surface area contributed by atoms with Crippen LogP contribution >= 0.6 is 0 Å². The number of piperidine rings is 1. The first-order chi connectivity index (χ1) is 10.6. The maximum Gasteiger partial charge on any atom is 0.227 e. The lowest BCUT2D eigenvalue weighted by atomic mass is 9.95. The molecule has 4 heteroatoms. The van der Waals surface area contributed by atoms with Gasteiger partial charge in [-0.3, -0.25) is 9.59 Å². The van der Waals surface area contributed by atoms with Crippen molar-refractivity contribution in [3.63, 3.8) is 0 Å². The van der Waals surface area contributed by atoms with Crippen molar-refractivity contribution in [2.45, 2.75) is 64.8 Å². The fourth-order valence-electron chi connectivity index (χ4n) is 4.03. The van der Waals surface area contributed by atoms with Crippen LogP contribution in [0.1, 0.15) is 58.8 Å². The zero-order chi connectivity index (χ0) is 15.7. The molecule has 0 aromatic rings. The van der Waals surface area contributed by atoms with Crippen molar-refractivity contribution in [3.05, 3.63) is 0 Å². The Bertz CT molecular complexity index is 433. The predicted octanol–water partition coefficient (Wildman–Crippen LogP) is 2.67. The van der Waals surface area contributed by atoms with Crippen LogP contribution in [0.15, 0.2) is 0 Å². The summed E-state index contributed by atoms with van der Waals surface area (Å²) < 4.78 is 0. The first kappa shape index (κ1) is 15.8. The van der Waals surface area contributed by atoms with Gasteiger partial charge in [-0.25, -0.2) is 0 Å². The van der Waals surface area contributed by atoms with Crippen molar-refractivity contribution in [1.82, 2.24) is 9.80 Å². The summed E-state index contributed by atoms with van der Waals surface area (Å²) in [4.78, 5) is 29.4. The molecule has 3 unspecified atom stereocenters. The van der Waals surface area contributed by atoms with Gasteiger partial charge in [-0.15, -0.1) is 0 Å². The average Bonchev–Trinajstić information content (AvgIpc) is 3.36. The molecule has 3 atom stereocenters. The Labute approximate surface area is 134 Å². The average molecular weight is 306 g/mol. The molecule has 3 fully saturated rings. The second-order valence-corrected chi connectivity index (χ2v) is 7.77. The number of hydrogen-bond acceptors (Lipinski definition) is 2. The Morgan fingerprint density at radius 1 is 0.818 bits per heavy atom. The highest BCUT2D eigenvalue weighted by Crippen LogP contribution is 2.33. The molecule has 0 N–H and O–H groups in total. The van der Waals surface area contributed by atoms with Crippen LogP contribution in [0.4, 0.5) is 0 Å². The summed E-state index contributed by atoms with van der Waals surface area (Å²) in [5.41, 5.74) is 0. The van der Waals surface area contributed by atoms with Gasteiger partial charge in [-0.1, -0.05) is 13.3 Å². The maximum atomic E-state index is 13.0. The van der Waals surface area contributed by atoms with Crippen molar-refractivity contribution in [2.24, 2.45) is 17.8 Å². The van der Waals surface area contributed by atoms with E-state index in [-0.39, 0.29) is 11.8 Å². The fraction of sp³-hybridized carbons (Fsp3) is 0.889. The molecule has 3 aliphatic rings. The molecule has 22 heavy (non-hydrogen) atoms. The molecular weight excluding hydrogens is 276 g/mol. The van der Waals surface area contributed by atoms with Crippen molar-refractivity contribution >= 4 is 11.8 Å². The summed E-state index contributed by atoms with van der Waals surface area (Å²) in [6.07, 6.45) is 7.60. The topological polar surface area (TPSA) is 40.6 Å². The molecule has 3 rings (SSSR count). The van der Waals surface area contributed by atoms with Crippen LogP contribution in [0.3, 0.4) is 0 Å². The number of carbonyl (C=O) groups excluding carboxylic acids is 2. The standard InChI is InChI=1S/C18H30N2O2/c1-13-5-3-6-14(2)20(11-13)18(22)16-7-4-10-19(12-16)17(21)15-8-9-15/h13-16H,3-12H2,1-2H3. The Morgan fingerprint density at radius 2 is 1.59 bits per heavy atom. The van der Waals surface area contributed by atoms with Crippen LogP contribution in [-0.2, 0) is 9.59 Å². The fourth-order valence-corrected chi connectivity index (χ4v) is 4.03. The van der Waals surface area contributed by atoms with Gasteiger partial charge >= 0.3 is 0 Å². The molecule has 2 heterocycles. The maximum absolute atomic E-state index is 13.0. The molecule has 0 aromatic carbocycles. The van der Waals surface area contributed by atoms with Gasteiger partial charge in [-0.05, 0) is 51.4 Å². The minimum Gasteiger partial charge on any atom is -0.342 e. The lowest BCUT2D eigenvalue weighted by Gasteiger charge is -2.37. The Morgan fingerprint density at radius 3 is 2.32 bits per heavy atom. The highest BCUT2D eigenvalue weighted by atomic mass is 16.2. The monoisotopic (exact) mass is 306 g/mol. The summed E-state index contributed by atoms with van der Waals surface area (Å²) in [5.74, 6) is 1.50. The second kappa shape index (κ2) is 6.59. The van der Waals surface area contributed by atoms with Crippen LogP contribution in [0.25, 0.3) is 0 Å². The van der Waals surface area contributed by atoms with Crippen LogP contribution in [0.2, 0.25) is 0 Å². The number of rotatable bonds is 2. The van der Waals surface area contributed by atoms with Gasteiger partial charge in [0, 0.05) is 31.6 Å². The van der Waals surface area contributed by atoms with Crippen molar-refractivity contribution < 1.29 is 9.59 Å². The van der Waals surface area contributed by atoms with Crippen LogP contribution < -0.4 is 0 Å². The van der Waals surface area contributed by atoms with E-state index < -0.39 is 0 Å². The normalized spacial score (nSPS) is 33.5. The number of carbonyl (C=O) groups is 2. The van der Waals surface area contributed by atoms with E-state index in [0.717, 1.165) is 45.2 Å². The van der Waals surface area contributed by atoms with Gasteiger partial charge in [0.2, 0.25) is 11.8 Å². The molecule has 4 nitrogen and oxygen atoms in total. The number of likely N-dealkylation sites (tertiary alicyclic amines) is 2. The molecule has 2 aliphatic heterocycles. The molecule has 1 saturated carbocycles.